The molecule has 1 heterocycles. The molecule has 0 spiro atoms. The lowest BCUT2D eigenvalue weighted by atomic mass is 10.2. The molecule has 0 saturated heterocycles. The molecule has 0 N–H and O–H groups in total. The van der Waals surface area contributed by atoms with Gasteiger partial charge in [0.15, 0.2) is 5.75 Å². The van der Waals surface area contributed by atoms with Crippen LogP contribution in [-0.2, 0) is 9.53 Å². The molecule has 0 aliphatic carbocycles. The number of aromatic nitrogens is 1. The van der Waals surface area contributed by atoms with E-state index < -0.39 is 12.0 Å². The molecule has 1 rings (SSSR count). The number of hydrogen-bond donors (Lipinski definition) is 0. The van der Waals surface area contributed by atoms with Crippen LogP contribution in [0.4, 0.5) is 0 Å². The van der Waals surface area contributed by atoms with Crippen molar-refractivity contribution < 1.29 is 14.3 Å². The van der Waals surface area contributed by atoms with E-state index in [4.69, 9.17) is 9.47 Å². The molecule has 0 saturated carbocycles. The molecule has 5 nitrogen and oxygen atoms in total. The quantitative estimate of drug-likeness (QED) is 0.728. The fourth-order valence-electron chi connectivity index (χ4n) is 1.61. The van der Waals surface area contributed by atoms with Gasteiger partial charge in [0.05, 0.1) is 13.7 Å². The van der Waals surface area contributed by atoms with E-state index in [1.165, 1.54) is 11.7 Å². The van der Waals surface area contributed by atoms with Gasteiger partial charge in [-0.05, 0) is 25.5 Å². The third-order valence-corrected chi connectivity index (χ3v) is 2.44. The molecule has 94 valence electrons. The minimum atomic E-state index is -0.599. The van der Waals surface area contributed by atoms with Crippen LogP contribution < -0.4 is 10.3 Å². The molecule has 0 amide bonds. The van der Waals surface area contributed by atoms with E-state index in [2.05, 4.69) is 0 Å². The van der Waals surface area contributed by atoms with Gasteiger partial charge in [-0.25, -0.2) is 4.79 Å². The van der Waals surface area contributed by atoms with E-state index in [1.54, 1.807) is 25.3 Å². The van der Waals surface area contributed by atoms with E-state index in [0.717, 1.165) is 0 Å². The van der Waals surface area contributed by atoms with Gasteiger partial charge < -0.3 is 9.47 Å². The summed E-state index contributed by atoms with van der Waals surface area (Å²) in [5.74, 6) is -0.180. The van der Waals surface area contributed by atoms with E-state index in [1.807, 2.05) is 6.92 Å². The third kappa shape index (κ3) is 2.87. The number of nitrogens with zero attached hydrogens (tertiary/aromatic N) is 1. The topological polar surface area (TPSA) is 57.5 Å². The van der Waals surface area contributed by atoms with Gasteiger partial charge in [0, 0.05) is 6.20 Å². The van der Waals surface area contributed by atoms with Crippen LogP contribution in [0.5, 0.6) is 5.75 Å². The van der Waals surface area contributed by atoms with Crippen molar-refractivity contribution in [3.63, 3.8) is 0 Å². The lowest BCUT2D eigenvalue weighted by Gasteiger charge is -2.16. The van der Waals surface area contributed by atoms with Gasteiger partial charge in [0.1, 0.15) is 6.04 Å². The molecule has 0 bridgehead atoms. The summed E-state index contributed by atoms with van der Waals surface area (Å²) in [5.41, 5.74) is -0.324. The minimum absolute atomic E-state index is 0.218. The predicted molar refractivity (Wildman–Crippen MR) is 63.2 cm³/mol. The molecule has 5 heteroatoms. The Kier molecular flexibility index (Phi) is 4.75. The summed E-state index contributed by atoms with van der Waals surface area (Å²) in [7, 11) is 1.42. The van der Waals surface area contributed by atoms with Crippen molar-refractivity contribution in [1.82, 2.24) is 4.57 Å². The maximum atomic E-state index is 11.9. The molecule has 1 aromatic rings. The van der Waals surface area contributed by atoms with Crippen molar-refractivity contribution in [1.29, 1.82) is 0 Å². The standard InChI is InChI=1S/C12H17NO4/c1-4-9(12(15)17-5-2)13-8-6-7-10(16-3)11(13)14/h6-9H,4-5H2,1-3H3. The Hall–Kier alpha value is -1.78. The van der Waals surface area contributed by atoms with Gasteiger partial charge in [0.25, 0.3) is 5.56 Å². The van der Waals surface area contributed by atoms with E-state index in [0.29, 0.717) is 13.0 Å². The van der Waals surface area contributed by atoms with Crippen LogP contribution in [0.3, 0.4) is 0 Å². The molecular formula is C12H17NO4. The van der Waals surface area contributed by atoms with Crippen LogP contribution in [0.25, 0.3) is 0 Å². The van der Waals surface area contributed by atoms with Crippen LogP contribution in [0.2, 0.25) is 0 Å². The fourth-order valence-corrected chi connectivity index (χ4v) is 1.61. The van der Waals surface area contributed by atoms with Gasteiger partial charge >= 0.3 is 5.97 Å². The van der Waals surface area contributed by atoms with Crippen molar-refractivity contribution in [3.05, 3.63) is 28.7 Å². The van der Waals surface area contributed by atoms with Crippen LogP contribution in [0.15, 0.2) is 23.1 Å². The van der Waals surface area contributed by atoms with Crippen LogP contribution in [0.1, 0.15) is 26.3 Å². The highest BCUT2D eigenvalue weighted by atomic mass is 16.5. The van der Waals surface area contributed by atoms with E-state index in [9.17, 15) is 9.59 Å². The molecule has 0 aliphatic rings. The second kappa shape index (κ2) is 6.08. The number of rotatable bonds is 5. The molecule has 0 aliphatic heterocycles. The van der Waals surface area contributed by atoms with Crippen molar-refractivity contribution in [2.45, 2.75) is 26.3 Å². The van der Waals surface area contributed by atoms with Gasteiger partial charge in [-0.15, -0.1) is 0 Å². The smallest absolute Gasteiger partial charge is 0.329 e. The zero-order valence-corrected chi connectivity index (χ0v) is 10.3. The molecule has 1 aromatic heterocycles. The normalized spacial score (nSPS) is 11.9. The number of carbonyl (C=O) groups is 1. The van der Waals surface area contributed by atoms with Crippen molar-refractivity contribution in [3.8, 4) is 5.75 Å². The number of pyridine rings is 1. The average molecular weight is 239 g/mol. The monoisotopic (exact) mass is 239 g/mol. The Labute approximate surface area is 100.0 Å². The minimum Gasteiger partial charge on any atom is -0.491 e. The highest BCUT2D eigenvalue weighted by Crippen LogP contribution is 2.13. The first kappa shape index (κ1) is 13.3. The molecular weight excluding hydrogens is 222 g/mol. The lowest BCUT2D eigenvalue weighted by Crippen LogP contribution is -2.30. The number of hydrogen-bond acceptors (Lipinski definition) is 4. The Morgan fingerprint density at radius 2 is 2.18 bits per heavy atom. The largest absolute Gasteiger partial charge is 0.491 e. The Morgan fingerprint density at radius 3 is 2.71 bits per heavy atom. The third-order valence-electron chi connectivity index (χ3n) is 2.44. The summed E-state index contributed by atoms with van der Waals surface area (Å²) >= 11 is 0. The lowest BCUT2D eigenvalue weighted by molar-refractivity contribution is -0.147. The van der Waals surface area contributed by atoms with Crippen LogP contribution in [-0.4, -0.2) is 24.3 Å². The maximum Gasteiger partial charge on any atom is 0.329 e. The average Bonchev–Trinajstić information content (AvgIpc) is 2.32. The summed E-state index contributed by atoms with van der Waals surface area (Å²) in [6.45, 7) is 3.86. The van der Waals surface area contributed by atoms with Gasteiger partial charge in [-0.1, -0.05) is 6.92 Å². The second-order valence-corrected chi connectivity index (χ2v) is 3.47. The summed E-state index contributed by atoms with van der Waals surface area (Å²) in [4.78, 5) is 23.6. The van der Waals surface area contributed by atoms with Gasteiger partial charge in [-0.2, -0.15) is 0 Å². The van der Waals surface area contributed by atoms with Crippen molar-refractivity contribution in [2.75, 3.05) is 13.7 Å². The highest BCUT2D eigenvalue weighted by Gasteiger charge is 2.21. The predicted octanol–water partition coefficient (Wildman–Crippen LogP) is 1.37. The zero-order chi connectivity index (χ0) is 12.8. The molecule has 0 fully saturated rings. The Morgan fingerprint density at radius 1 is 1.47 bits per heavy atom. The Balaban J connectivity index is 3.12. The first-order valence-electron chi connectivity index (χ1n) is 5.57. The summed E-state index contributed by atoms with van der Waals surface area (Å²) in [6.07, 6.45) is 2.06. The molecule has 0 aromatic carbocycles. The molecule has 1 unspecified atom stereocenters. The van der Waals surface area contributed by atoms with E-state index >= 15 is 0 Å². The SMILES string of the molecule is CCOC(=O)C(CC)n1cccc(OC)c1=O. The van der Waals surface area contributed by atoms with Gasteiger partial charge in [-0.3, -0.25) is 9.36 Å². The van der Waals surface area contributed by atoms with Crippen LogP contribution in [0, 0.1) is 0 Å². The summed E-state index contributed by atoms with van der Waals surface area (Å²) in [6, 6.07) is 2.64. The zero-order valence-electron chi connectivity index (χ0n) is 10.3. The van der Waals surface area contributed by atoms with E-state index in [-0.39, 0.29) is 11.3 Å². The van der Waals surface area contributed by atoms with Crippen LogP contribution >= 0.6 is 0 Å². The number of methoxy groups -OCH3 is 1. The molecule has 1 atom stereocenters. The highest BCUT2D eigenvalue weighted by molar-refractivity contribution is 5.74. The molecule has 17 heavy (non-hydrogen) atoms. The van der Waals surface area contributed by atoms with Crippen molar-refractivity contribution >= 4 is 5.97 Å². The Bertz CT molecular complexity index is 438. The maximum absolute atomic E-state index is 11.9. The first-order valence-corrected chi connectivity index (χ1v) is 5.57. The summed E-state index contributed by atoms with van der Waals surface area (Å²) < 4.78 is 11.2. The first-order chi connectivity index (χ1) is 8.15. The number of ether oxygens (including phenoxy) is 2. The molecule has 0 radical (unpaired) electrons. The number of esters is 1. The fraction of sp³-hybridized carbons (Fsp3) is 0.500. The van der Waals surface area contributed by atoms with Crippen molar-refractivity contribution in [2.24, 2.45) is 0 Å². The summed E-state index contributed by atoms with van der Waals surface area (Å²) in [5, 5.41) is 0. The second-order valence-electron chi connectivity index (χ2n) is 3.47. The number of carbonyl (C=O) groups excluding carboxylic acids is 1. The van der Waals surface area contributed by atoms with Gasteiger partial charge in [0.2, 0.25) is 0 Å².